The molecule has 0 bridgehead atoms. The molecule has 2 N–H and O–H groups in total. The van der Waals surface area contributed by atoms with E-state index in [9.17, 15) is 22.8 Å². The summed E-state index contributed by atoms with van der Waals surface area (Å²) < 4.78 is 35.6. The second-order valence-corrected chi connectivity index (χ2v) is 3.34. The summed E-state index contributed by atoms with van der Waals surface area (Å²) in [5.41, 5.74) is -1.87. The number of aliphatic carboxylic acids is 1. The van der Waals surface area contributed by atoms with E-state index in [-0.39, 0.29) is 6.42 Å². The number of alkyl halides is 3. The second kappa shape index (κ2) is 4.50. The fraction of sp³-hybridized carbons (Fsp3) is 0.750. The normalized spacial score (nSPS) is 15.5. The third-order valence-corrected chi connectivity index (χ3v) is 1.87. The van der Waals surface area contributed by atoms with E-state index in [1.807, 2.05) is 0 Å². The minimum atomic E-state index is -5.07. The first-order valence-electron chi connectivity index (χ1n) is 4.26. The lowest BCUT2D eigenvalue weighted by molar-refractivity contribution is -0.177. The molecule has 0 aliphatic rings. The van der Waals surface area contributed by atoms with Crippen LogP contribution in [0.4, 0.5) is 13.2 Å². The minimum Gasteiger partial charge on any atom is -0.480 e. The van der Waals surface area contributed by atoms with Crippen LogP contribution in [0.25, 0.3) is 0 Å². The largest absolute Gasteiger partial charge is 0.480 e. The zero-order valence-electron chi connectivity index (χ0n) is 8.31. The van der Waals surface area contributed by atoms with Gasteiger partial charge in [-0.05, 0) is 13.3 Å². The number of halogens is 3. The van der Waals surface area contributed by atoms with Crippen molar-refractivity contribution >= 4 is 11.9 Å². The van der Waals surface area contributed by atoms with Crippen LogP contribution >= 0.6 is 0 Å². The van der Waals surface area contributed by atoms with E-state index in [2.05, 4.69) is 0 Å². The number of carbonyl (C=O) groups is 2. The Bertz CT molecular complexity index is 264. The fourth-order valence-electron chi connectivity index (χ4n) is 1.04. The number of hydrogen-bond acceptors (Lipinski definition) is 2. The van der Waals surface area contributed by atoms with Gasteiger partial charge in [0.15, 0.2) is 0 Å². The Labute approximate surface area is 84.5 Å². The lowest BCUT2D eigenvalue weighted by atomic mass is 9.96. The molecular formula is C8H12F3NO3. The van der Waals surface area contributed by atoms with Crippen molar-refractivity contribution in [2.45, 2.75) is 38.4 Å². The maximum absolute atomic E-state index is 11.9. The van der Waals surface area contributed by atoms with Gasteiger partial charge in [-0.3, -0.25) is 4.79 Å². The van der Waals surface area contributed by atoms with Crippen molar-refractivity contribution < 1.29 is 27.9 Å². The van der Waals surface area contributed by atoms with Gasteiger partial charge in [0.05, 0.1) is 0 Å². The predicted molar refractivity (Wildman–Crippen MR) is 45.1 cm³/mol. The quantitative estimate of drug-likeness (QED) is 0.760. The minimum absolute atomic E-state index is 0.0653. The van der Waals surface area contributed by atoms with Crippen LogP contribution in [0.5, 0.6) is 0 Å². The molecule has 1 unspecified atom stereocenters. The SMILES string of the molecule is CCCC(C)(NC(=O)C(F)(F)F)C(=O)O. The Kier molecular flexibility index (Phi) is 4.12. The number of amides is 1. The topological polar surface area (TPSA) is 66.4 Å². The summed E-state index contributed by atoms with van der Waals surface area (Å²) in [5.74, 6) is -3.72. The first kappa shape index (κ1) is 13.7. The van der Waals surface area contributed by atoms with E-state index in [4.69, 9.17) is 5.11 Å². The van der Waals surface area contributed by atoms with E-state index >= 15 is 0 Å². The van der Waals surface area contributed by atoms with Gasteiger partial charge in [0.1, 0.15) is 5.54 Å². The van der Waals surface area contributed by atoms with Gasteiger partial charge in [0.2, 0.25) is 0 Å². The third kappa shape index (κ3) is 3.77. The summed E-state index contributed by atoms with van der Waals surface area (Å²) >= 11 is 0. The number of rotatable bonds is 4. The molecule has 0 saturated carbocycles. The summed E-state index contributed by atoms with van der Waals surface area (Å²) in [7, 11) is 0. The van der Waals surface area contributed by atoms with Crippen LogP contribution in [0.2, 0.25) is 0 Å². The van der Waals surface area contributed by atoms with Crippen LogP contribution in [-0.4, -0.2) is 28.7 Å². The zero-order chi connectivity index (χ0) is 12.3. The van der Waals surface area contributed by atoms with Gasteiger partial charge in [-0.15, -0.1) is 0 Å². The van der Waals surface area contributed by atoms with E-state index < -0.39 is 23.6 Å². The lowest BCUT2D eigenvalue weighted by Crippen LogP contribution is -2.55. The second-order valence-electron chi connectivity index (χ2n) is 3.34. The molecule has 0 aromatic rings. The molecule has 0 aliphatic carbocycles. The van der Waals surface area contributed by atoms with E-state index in [0.717, 1.165) is 6.92 Å². The zero-order valence-corrected chi connectivity index (χ0v) is 8.31. The van der Waals surface area contributed by atoms with Gasteiger partial charge in [0, 0.05) is 0 Å². The van der Waals surface area contributed by atoms with Crippen LogP contribution in [-0.2, 0) is 9.59 Å². The maximum atomic E-state index is 11.9. The van der Waals surface area contributed by atoms with Crippen LogP contribution in [0, 0.1) is 0 Å². The van der Waals surface area contributed by atoms with Crippen LogP contribution < -0.4 is 5.32 Å². The number of carbonyl (C=O) groups excluding carboxylic acids is 1. The number of nitrogens with one attached hydrogen (secondary N) is 1. The Hall–Kier alpha value is -1.27. The fourth-order valence-corrected chi connectivity index (χ4v) is 1.04. The van der Waals surface area contributed by atoms with Crippen molar-refractivity contribution in [1.82, 2.24) is 5.32 Å². The first-order valence-corrected chi connectivity index (χ1v) is 4.26. The summed E-state index contributed by atoms with van der Waals surface area (Å²) in [4.78, 5) is 21.3. The standard InChI is InChI=1S/C8H12F3NO3/c1-3-4-7(2,6(14)15)12-5(13)8(9,10)11/h3-4H2,1-2H3,(H,12,13)(H,14,15). The Morgan fingerprint density at radius 3 is 2.07 bits per heavy atom. The van der Waals surface area contributed by atoms with Crippen molar-refractivity contribution in [2.24, 2.45) is 0 Å². The van der Waals surface area contributed by atoms with Crippen LogP contribution in [0.15, 0.2) is 0 Å². The monoisotopic (exact) mass is 227 g/mol. The van der Waals surface area contributed by atoms with Crippen molar-refractivity contribution in [1.29, 1.82) is 0 Å². The highest BCUT2D eigenvalue weighted by molar-refractivity contribution is 5.89. The van der Waals surface area contributed by atoms with E-state index in [0.29, 0.717) is 6.42 Å². The molecule has 7 heteroatoms. The molecule has 0 spiro atoms. The van der Waals surface area contributed by atoms with Crippen molar-refractivity contribution in [3.63, 3.8) is 0 Å². The van der Waals surface area contributed by atoms with E-state index in [1.54, 1.807) is 6.92 Å². The molecule has 1 atom stereocenters. The molecule has 0 aromatic carbocycles. The molecule has 0 heterocycles. The Balaban J connectivity index is 4.71. The number of carboxylic acid groups (broad SMARTS) is 1. The molecule has 88 valence electrons. The highest BCUT2D eigenvalue weighted by Gasteiger charge is 2.44. The van der Waals surface area contributed by atoms with Crippen LogP contribution in [0.1, 0.15) is 26.7 Å². The molecule has 0 rings (SSSR count). The molecule has 4 nitrogen and oxygen atoms in total. The van der Waals surface area contributed by atoms with Crippen molar-refractivity contribution in [2.75, 3.05) is 0 Å². The molecule has 0 saturated heterocycles. The Morgan fingerprint density at radius 1 is 1.33 bits per heavy atom. The molecule has 0 aliphatic heterocycles. The Morgan fingerprint density at radius 2 is 1.80 bits per heavy atom. The van der Waals surface area contributed by atoms with Gasteiger partial charge in [-0.25, -0.2) is 4.79 Å². The molecule has 15 heavy (non-hydrogen) atoms. The van der Waals surface area contributed by atoms with Gasteiger partial charge in [-0.1, -0.05) is 13.3 Å². The molecule has 0 radical (unpaired) electrons. The van der Waals surface area contributed by atoms with E-state index in [1.165, 1.54) is 5.32 Å². The summed E-state index contributed by atoms with van der Waals surface area (Å²) in [6, 6.07) is 0. The van der Waals surface area contributed by atoms with Gasteiger partial charge in [0.25, 0.3) is 0 Å². The molecular weight excluding hydrogens is 215 g/mol. The van der Waals surface area contributed by atoms with Crippen molar-refractivity contribution in [3.8, 4) is 0 Å². The number of carboxylic acids is 1. The van der Waals surface area contributed by atoms with Gasteiger partial charge < -0.3 is 10.4 Å². The summed E-state index contributed by atoms with van der Waals surface area (Å²) in [6.45, 7) is 2.66. The average Bonchev–Trinajstić information content (AvgIpc) is 2.02. The van der Waals surface area contributed by atoms with Gasteiger partial charge in [-0.2, -0.15) is 13.2 Å². The summed E-state index contributed by atoms with van der Waals surface area (Å²) in [5, 5.41) is 10.2. The first-order chi connectivity index (χ1) is 6.63. The average molecular weight is 227 g/mol. The lowest BCUT2D eigenvalue weighted by Gasteiger charge is -2.26. The smallest absolute Gasteiger partial charge is 0.471 e. The molecule has 0 fully saturated rings. The highest BCUT2D eigenvalue weighted by atomic mass is 19.4. The van der Waals surface area contributed by atoms with Gasteiger partial charge >= 0.3 is 18.1 Å². The molecule has 1 amide bonds. The van der Waals surface area contributed by atoms with Crippen molar-refractivity contribution in [3.05, 3.63) is 0 Å². The predicted octanol–water partition coefficient (Wildman–Crippen LogP) is 1.31. The maximum Gasteiger partial charge on any atom is 0.471 e. The summed E-state index contributed by atoms with van der Waals surface area (Å²) in [6.07, 6.45) is -4.78. The van der Waals surface area contributed by atoms with Crippen LogP contribution in [0.3, 0.4) is 0 Å². The highest BCUT2D eigenvalue weighted by Crippen LogP contribution is 2.19. The number of hydrogen-bond donors (Lipinski definition) is 2. The molecule has 0 aromatic heterocycles. The third-order valence-electron chi connectivity index (χ3n) is 1.87.